The van der Waals surface area contributed by atoms with E-state index >= 15 is 0 Å². The van der Waals surface area contributed by atoms with Crippen molar-refractivity contribution in [1.29, 1.82) is 0 Å². The quantitative estimate of drug-likeness (QED) is 0.400. The number of nitrogens with zero attached hydrogens (tertiary/aromatic N) is 2. The zero-order chi connectivity index (χ0) is 25.7. The van der Waals surface area contributed by atoms with Gasteiger partial charge in [-0.2, -0.15) is 0 Å². The second-order valence-electron chi connectivity index (χ2n) is 14.5. The van der Waals surface area contributed by atoms with Crippen LogP contribution in [0, 0.1) is 18.3 Å². The summed E-state index contributed by atoms with van der Waals surface area (Å²) in [5.74, 6) is 2.80. The van der Waals surface area contributed by atoms with Gasteiger partial charge in [0.1, 0.15) is 6.17 Å². The Morgan fingerprint density at radius 1 is 0.806 bits per heavy atom. The minimum Gasteiger partial charge on any atom is -0.352 e. The SMILES string of the molecule is CCC1(C)C(C)(C)c2cc3c(cc2C1(C)C)N1c2cc(C)c4c(c2C(C)C(C)C1N3C)C1CCC4C1. The largest absolute Gasteiger partial charge is 0.352 e. The zero-order valence-electron chi connectivity index (χ0n) is 24.3. The molecule has 192 valence electrons. The molecule has 0 spiro atoms. The normalized spacial score (nSPS) is 36.0. The number of aryl methyl sites for hydroxylation is 1. The molecule has 6 unspecified atom stereocenters. The molecule has 7 rings (SSSR count). The molecule has 36 heavy (non-hydrogen) atoms. The van der Waals surface area contributed by atoms with Crippen molar-refractivity contribution in [2.45, 2.75) is 123 Å². The van der Waals surface area contributed by atoms with Crippen molar-refractivity contribution in [3.63, 3.8) is 0 Å². The Balaban J connectivity index is 1.49. The van der Waals surface area contributed by atoms with Crippen LogP contribution in [0.15, 0.2) is 18.2 Å². The molecular formula is C34H46N2. The Bertz CT molecular complexity index is 1320. The van der Waals surface area contributed by atoms with Gasteiger partial charge < -0.3 is 9.80 Å². The highest BCUT2D eigenvalue weighted by Crippen LogP contribution is 2.67. The topological polar surface area (TPSA) is 6.48 Å². The summed E-state index contributed by atoms with van der Waals surface area (Å²) in [4.78, 5) is 5.40. The maximum absolute atomic E-state index is 2.78. The van der Waals surface area contributed by atoms with Crippen molar-refractivity contribution in [1.82, 2.24) is 0 Å². The van der Waals surface area contributed by atoms with E-state index in [4.69, 9.17) is 0 Å². The number of rotatable bonds is 1. The standard InChI is InChI=1S/C34H46N2/c1-11-34(9)32(5,6)23-16-25-26(17-24(23)33(34,7)8)36-27-14-18(2)28-21-12-13-22(15-21)30(28)29(27)19(3)20(4)31(36)35(25)10/h14,16-17,19-22,31H,11-13,15H2,1-10H3. The number of fused-ring (bicyclic) bond motifs is 12. The molecule has 2 nitrogen and oxygen atoms in total. The van der Waals surface area contributed by atoms with E-state index in [2.05, 4.69) is 97.4 Å². The summed E-state index contributed by atoms with van der Waals surface area (Å²) in [5.41, 5.74) is 14.8. The number of hydrogen-bond donors (Lipinski definition) is 0. The van der Waals surface area contributed by atoms with Gasteiger partial charge in [-0.25, -0.2) is 0 Å². The third-order valence-electron chi connectivity index (χ3n) is 13.1. The van der Waals surface area contributed by atoms with Crippen LogP contribution >= 0.6 is 0 Å². The minimum atomic E-state index is 0.136. The fraction of sp³-hybridized carbons (Fsp3) is 0.647. The molecule has 0 aromatic heterocycles. The van der Waals surface area contributed by atoms with Gasteiger partial charge in [-0.3, -0.25) is 0 Å². The Kier molecular flexibility index (Phi) is 4.33. The van der Waals surface area contributed by atoms with E-state index in [9.17, 15) is 0 Å². The van der Waals surface area contributed by atoms with Gasteiger partial charge in [0, 0.05) is 18.7 Å². The summed E-state index contributed by atoms with van der Waals surface area (Å²) in [6.07, 6.45) is 5.80. The van der Waals surface area contributed by atoms with Crippen LogP contribution in [0.4, 0.5) is 17.1 Å². The van der Waals surface area contributed by atoms with Crippen LogP contribution in [0.5, 0.6) is 0 Å². The molecule has 0 N–H and O–H groups in total. The highest BCUT2D eigenvalue weighted by molar-refractivity contribution is 5.89. The van der Waals surface area contributed by atoms with Crippen molar-refractivity contribution < 1.29 is 0 Å². The van der Waals surface area contributed by atoms with E-state index in [-0.39, 0.29) is 16.2 Å². The molecule has 2 bridgehead atoms. The van der Waals surface area contributed by atoms with E-state index in [0.717, 1.165) is 11.8 Å². The van der Waals surface area contributed by atoms with Crippen molar-refractivity contribution in [3.8, 4) is 0 Å². The fourth-order valence-corrected chi connectivity index (χ4v) is 10.2. The molecule has 2 heteroatoms. The highest BCUT2D eigenvalue weighted by Gasteiger charge is 2.60. The average molecular weight is 483 g/mol. The van der Waals surface area contributed by atoms with Crippen LogP contribution in [-0.4, -0.2) is 13.2 Å². The van der Waals surface area contributed by atoms with Gasteiger partial charge in [0.15, 0.2) is 0 Å². The summed E-state index contributed by atoms with van der Waals surface area (Å²) in [7, 11) is 2.36. The van der Waals surface area contributed by atoms with E-state index in [1.807, 2.05) is 0 Å². The van der Waals surface area contributed by atoms with Gasteiger partial charge in [0.2, 0.25) is 0 Å². The lowest BCUT2D eigenvalue weighted by Crippen LogP contribution is -2.49. The lowest BCUT2D eigenvalue weighted by atomic mass is 9.57. The number of anilines is 3. The van der Waals surface area contributed by atoms with Crippen molar-refractivity contribution >= 4 is 17.1 Å². The molecule has 0 saturated heterocycles. The molecule has 1 saturated carbocycles. The van der Waals surface area contributed by atoms with E-state index in [1.165, 1.54) is 42.7 Å². The van der Waals surface area contributed by atoms with Gasteiger partial charge in [0.05, 0.1) is 11.4 Å². The predicted molar refractivity (Wildman–Crippen MR) is 153 cm³/mol. The first kappa shape index (κ1) is 23.2. The van der Waals surface area contributed by atoms with Crippen molar-refractivity contribution in [3.05, 3.63) is 51.6 Å². The first-order chi connectivity index (χ1) is 16.9. The maximum atomic E-state index is 2.78. The Hall–Kier alpha value is -1.96. The van der Waals surface area contributed by atoms with Crippen LogP contribution in [0.1, 0.15) is 132 Å². The molecule has 2 aliphatic heterocycles. The summed E-state index contributed by atoms with van der Waals surface area (Å²) >= 11 is 0. The van der Waals surface area contributed by atoms with Gasteiger partial charge >= 0.3 is 0 Å². The molecule has 2 aromatic carbocycles. The summed E-state index contributed by atoms with van der Waals surface area (Å²) in [6.45, 7) is 22.4. The minimum absolute atomic E-state index is 0.136. The zero-order valence-corrected chi connectivity index (χ0v) is 24.3. The van der Waals surface area contributed by atoms with Gasteiger partial charge in [-0.1, -0.05) is 55.4 Å². The lowest BCUT2D eigenvalue weighted by Gasteiger charge is -2.47. The number of hydrogen-bond acceptors (Lipinski definition) is 2. The second-order valence-corrected chi connectivity index (χ2v) is 14.5. The second kappa shape index (κ2) is 6.72. The Morgan fingerprint density at radius 3 is 2.00 bits per heavy atom. The molecule has 0 amide bonds. The smallest absolute Gasteiger partial charge is 0.109 e. The summed E-state index contributed by atoms with van der Waals surface area (Å²) < 4.78 is 0. The van der Waals surface area contributed by atoms with E-state index < -0.39 is 0 Å². The maximum Gasteiger partial charge on any atom is 0.109 e. The Morgan fingerprint density at radius 2 is 1.39 bits per heavy atom. The number of benzene rings is 2. The van der Waals surface area contributed by atoms with E-state index in [0.29, 0.717) is 18.0 Å². The molecule has 6 atom stereocenters. The fourth-order valence-electron chi connectivity index (χ4n) is 10.2. The van der Waals surface area contributed by atoms with Crippen molar-refractivity contribution in [2.75, 3.05) is 16.8 Å². The van der Waals surface area contributed by atoms with Crippen LogP contribution in [-0.2, 0) is 10.8 Å². The van der Waals surface area contributed by atoms with Crippen LogP contribution in [0.25, 0.3) is 0 Å². The highest BCUT2D eigenvalue weighted by atomic mass is 15.4. The molecular weight excluding hydrogens is 436 g/mol. The lowest BCUT2D eigenvalue weighted by molar-refractivity contribution is 0.0943. The molecule has 5 aliphatic rings. The molecule has 1 fully saturated rings. The van der Waals surface area contributed by atoms with Crippen LogP contribution in [0.3, 0.4) is 0 Å². The molecule has 0 radical (unpaired) electrons. The first-order valence-corrected chi connectivity index (χ1v) is 14.7. The first-order valence-electron chi connectivity index (χ1n) is 14.7. The van der Waals surface area contributed by atoms with Gasteiger partial charge in [-0.15, -0.1) is 0 Å². The Labute approximate surface area is 219 Å². The van der Waals surface area contributed by atoms with Gasteiger partial charge in [-0.05, 0) is 118 Å². The van der Waals surface area contributed by atoms with E-state index in [1.54, 1.807) is 33.4 Å². The molecule has 3 aliphatic carbocycles. The van der Waals surface area contributed by atoms with Crippen LogP contribution in [0.2, 0.25) is 0 Å². The monoisotopic (exact) mass is 482 g/mol. The molecule has 2 heterocycles. The van der Waals surface area contributed by atoms with Crippen molar-refractivity contribution in [2.24, 2.45) is 11.3 Å². The predicted octanol–water partition coefficient (Wildman–Crippen LogP) is 9.01. The molecule has 2 aromatic rings. The average Bonchev–Trinajstić information content (AvgIpc) is 3.55. The summed E-state index contributed by atoms with van der Waals surface area (Å²) in [6, 6.07) is 7.82. The van der Waals surface area contributed by atoms with Crippen LogP contribution < -0.4 is 9.80 Å². The van der Waals surface area contributed by atoms with Gasteiger partial charge in [0.25, 0.3) is 0 Å². The third kappa shape index (κ3) is 2.29. The summed E-state index contributed by atoms with van der Waals surface area (Å²) in [5, 5.41) is 0. The third-order valence-corrected chi connectivity index (χ3v) is 13.1.